The zero-order chi connectivity index (χ0) is 17.8. The van der Waals surface area contributed by atoms with Gasteiger partial charge in [-0.2, -0.15) is 0 Å². The van der Waals surface area contributed by atoms with Gasteiger partial charge in [-0.15, -0.1) is 0 Å². The van der Waals surface area contributed by atoms with Crippen molar-refractivity contribution in [1.29, 1.82) is 0 Å². The van der Waals surface area contributed by atoms with Crippen LogP contribution in [0.1, 0.15) is 38.3 Å². The molecular weight excluding hydrogens is 316 g/mol. The van der Waals surface area contributed by atoms with E-state index in [4.69, 9.17) is 4.42 Å². The number of oxazole rings is 1. The van der Waals surface area contributed by atoms with Gasteiger partial charge in [-0.25, -0.2) is 4.79 Å². The first kappa shape index (κ1) is 17.0. The van der Waals surface area contributed by atoms with Crippen molar-refractivity contribution >= 4 is 22.7 Å². The Morgan fingerprint density at radius 1 is 1.16 bits per heavy atom. The maximum absolute atomic E-state index is 12.6. The molecule has 130 valence electrons. The van der Waals surface area contributed by atoms with Crippen molar-refractivity contribution in [2.24, 2.45) is 0 Å². The predicted octanol–water partition coefficient (Wildman–Crippen LogP) is 4.14. The zero-order valence-electron chi connectivity index (χ0n) is 14.5. The van der Waals surface area contributed by atoms with Crippen LogP contribution in [-0.4, -0.2) is 10.5 Å². The molecule has 1 N–H and O–H groups in total. The maximum Gasteiger partial charge on any atom is 0.420 e. The second-order valence-corrected chi connectivity index (χ2v) is 6.17. The van der Waals surface area contributed by atoms with E-state index in [-0.39, 0.29) is 5.91 Å². The molecule has 0 bridgehead atoms. The molecule has 3 aromatic rings. The Morgan fingerprint density at radius 3 is 2.60 bits per heavy atom. The quantitative estimate of drug-likeness (QED) is 0.735. The molecule has 1 aromatic heterocycles. The van der Waals surface area contributed by atoms with Gasteiger partial charge < -0.3 is 9.73 Å². The summed E-state index contributed by atoms with van der Waals surface area (Å²) in [5.41, 5.74) is 3.07. The molecule has 2 aromatic carbocycles. The first-order valence-corrected chi connectivity index (χ1v) is 8.60. The molecule has 1 atom stereocenters. The molecule has 0 fully saturated rings. The van der Waals surface area contributed by atoms with Crippen LogP contribution in [0.5, 0.6) is 0 Å². The number of anilines is 1. The van der Waals surface area contributed by atoms with Crippen LogP contribution in [0.4, 0.5) is 5.69 Å². The lowest BCUT2D eigenvalue weighted by Gasteiger charge is -2.13. The van der Waals surface area contributed by atoms with Crippen LogP contribution < -0.4 is 11.1 Å². The van der Waals surface area contributed by atoms with Crippen molar-refractivity contribution in [2.45, 2.75) is 39.2 Å². The highest BCUT2D eigenvalue weighted by Crippen LogP contribution is 2.18. The van der Waals surface area contributed by atoms with E-state index in [0.29, 0.717) is 11.1 Å². The van der Waals surface area contributed by atoms with Gasteiger partial charge in [-0.3, -0.25) is 9.36 Å². The lowest BCUT2D eigenvalue weighted by atomic mass is 10.1. The highest BCUT2D eigenvalue weighted by molar-refractivity contribution is 5.94. The number of carbonyl (C=O) groups is 1. The summed E-state index contributed by atoms with van der Waals surface area (Å²) in [4.78, 5) is 24.6. The third kappa shape index (κ3) is 3.65. The molecule has 5 nitrogen and oxygen atoms in total. The van der Waals surface area contributed by atoms with E-state index in [0.717, 1.165) is 24.9 Å². The Kier molecular flexibility index (Phi) is 5.03. The molecule has 0 saturated carbocycles. The number of aryl methyl sites for hydroxylation is 1. The lowest BCUT2D eigenvalue weighted by molar-refractivity contribution is -0.118. The topological polar surface area (TPSA) is 64.2 Å². The van der Waals surface area contributed by atoms with Crippen LogP contribution in [0, 0.1) is 0 Å². The molecule has 1 amide bonds. The van der Waals surface area contributed by atoms with Crippen molar-refractivity contribution in [3.8, 4) is 0 Å². The van der Waals surface area contributed by atoms with E-state index in [9.17, 15) is 9.59 Å². The van der Waals surface area contributed by atoms with E-state index in [1.807, 2.05) is 30.3 Å². The van der Waals surface area contributed by atoms with E-state index in [1.165, 1.54) is 10.1 Å². The Balaban J connectivity index is 1.76. The highest BCUT2D eigenvalue weighted by Gasteiger charge is 2.21. The summed E-state index contributed by atoms with van der Waals surface area (Å²) in [6.07, 6.45) is 3.35. The molecule has 0 aliphatic heterocycles. The van der Waals surface area contributed by atoms with Crippen molar-refractivity contribution in [3.05, 3.63) is 64.6 Å². The van der Waals surface area contributed by atoms with Crippen LogP contribution in [0.25, 0.3) is 11.1 Å². The van der Waals surface area contributed by atoms with Gasteiger partial charge in [0.2, 0.25) is 5.91 Å². The number of nitrogens with zero attached hydrogens (tertiary/aromatic N) is 1. The zero-order valence-corrected chi connectivity index (χ0v) is 14.5. The number of amides is 1. The summed E-state index contributed by atoms with van der Waals surface area (Å²) in [6.45, 7) is 3.85. The molecule has 25 heavy (non-hydrogen) atoms. The number of carbonyl (C=O) groups excluding carboxylic acids is 1. The lowest BCUT2D eigenvalue weighted by Crippen LogP contribution is -2.29. The molecule has 0 spiro atoms. The summed E-state index contributed by atoms with van der Waals surface area (Å²) in [5.74, 6) is -0.784. The average Bonchev–Trinajstić information content (AvgIpc) is 2.96. The highest BCUT2D eigenvalue weighted by atomic mass is 16.4. The SMILES string of the molecule is CCCCc1ccc(NC(=O)C(C)n2c(=O)oc3ccccc32)cc1. The molecule has 1 unspecified atom stereocenters. The maximum atomic E-state index is 12.6. The minimum Gasteiger partial charge on any atom is -0.408 e. The van der Waals surface area contributed by atoms with Crippen molar-refractivity contribution < 1.29 is 9.21 Å². The summed E-state index contributed by atoms with van der Waals surface area (Å²) in [7, 11) is 0. The Bertz CT molecular complexity index is 922. The third-order valence-electron chi connectivity index (χ3n) is 4.33. The van der Waals surface area contributed by atoms with Crippen LogP contribution in [0.15, 0.2) is 57.7 Å². The fourth-order valence-electron chi connectivity index (χ4n) is 2.85. The van der Waals surface area contributed by atoms with E-state index in [2.05, 4.69) is 12.2 Å². The molecule has 0 saturated heterocycles. The molecule has 0 aliphatic carbocycles. The van der Waals surface area contributed by atoms with Gasteiger partial charge in [-0.1, -0.05) is 37.6 Å². The molecule has 5 heteroatoms. The number of benzene rings is 2. The largest absolute Gasteiger partial charge is 0.420 e. The summed E-state index contributed by atoms with van der Waals surface area (Å²) in [5, 5.41) is 2.86. The Labute approximate surface area is 146 Å². The average molecular weight is 338 g/mol. The fraction of sp³-hybridized carbons (Fsp3) is 0.300. The fourth-order valence-corrected chi connectivity index (χ4v) is 2.85. The summed E-state index contributed by atoms with van der Waals surface area (Å²) in [6, 6.07) is 14.3. The number of para-hydroxylation sites is 2. The molecule has 0 aliphatic rings. The molecule has 3 rings (SSSR count). The van der Waals surface area contributed by atoms with Gasteiger partial charge in [0.05, 0.1) is 5.52 Å². The van der Waals surface area contributed by atoms with Crippen molar-refractivity contribution in [3.63, 3.8) is 0 Å². The van der Waals surface area contributed by atoms with E-state index >= 15 is 0 Å². The first-order valence-electron chi connectivity index (χ1n) is 8.60. The summed E-state index contributed by atoms with van der Waals surface area (Å²) >= 11 is 0. The standard InChI is InChI=1S/C20H22N2O3/c1-3-4-7-15-10-12-16(13-11-15)21-19(23)14(2)22-17-8-5-6-9-18(17)25-20(22)24/h5-6,8-14H,3-4,7H2,1-2H3,(H,21,23). The second-order valence-electron chi connectivity index (χ2n) is 6.17. The molecule has 0 radical (unpaired) electrons. The van der Waals surface area contributed by atoms with Gasteiger partial charge in [0, 0.05) is 5.69 Å². The van der Waals surface area contributed by atoms with Gasteiger partial charge >= 0.3 is 5.76 Å². The van der Waals surface area contributed by atoms with Gasteiger partial charge in [-0.05, 0) is 49.6 Å². The van der Waals surface area contributed by atoms with Gasteiger partial charge in [0.15, 0.2) is 5.58 Å². The number of fused-ring (bicyclic) bond motifs is 1. The van der Waals surface area contributed by atoms with Crippen LogP contribution in [0.2, 0.25) is 0 Å². The second kappa shape index (κ2) is 7.38. The van der Waals surface area contributed by atoms with Gasteiger partial charge in [0.25, 0.3) is 0 Å². The Hall–Kier alpha value is -2.82. The number of aromatic nitrogens is 1. The number of hydrogen-bond acceptors (Lipinski definition) is 3. The van der Waals surface area contributed by atoms with Crippen molar-refractivity contribution in [2.75, 3.05) is 5.32 Å². The summed E-state index contributed by atoms with van der Waals surface area (Å²) < 4.78 is 6.58. The monoisotopic (exact) mass is 338 g/mol. The van der Waals surface area contributed by atoms with Crippen LogP contribution >= 0.6 is 0 Å². The smallest absolute Gasteiger partial charge is 0.408 e. The minimum absolute atomic E-state index is 0.255. The van der Waals surface area contributed by atoms with Gasteiger partial charge in [0.1, 0.15) is 6.04 Å². The number of hydrogen-bond donors (Lipinski definition) is 1. The third-order valence-corrected chi connectivity index (χ3v) is 4.33. The number of unbranched alkanes of at least 4 members (excludes halogenated alkanes) is 1. The van der Waals surface area contributed by atoms with E-state index in [1.54, 1.807) is 25.1 Å². The van der Waals surface area contributed by atoms with Crippen molar-refractivity contribution in [1.82, 2.24) is 4.57 Å². The van der Waals surface area contributed by atoms with Crippen LogP contribution in [0.3, 0.4) is 0 Å². The van der Waals surface area contributed by atoms with E-state index < -0.39 is 11.8 Å². The number of nitrogens with one attached hydrogen (secondary N) is 1. The number of rotatable bonds is 6. The predicted molar refractivity (Wildman–Crippen MR) is 98.9 cm³/mol. The Morgan fingerprint density at radius 2 is 1.88 bits per heavy atom. The molecule has 1 heterocycles. The first-order chi connectivity index (χ1) is 12.1. The normalized spacial score (nSPS) is 12.2. The van der Waals surface area contributed by atoms with Crippen LogP contribution in [-0.2, 0) is 11.2 Å². The molecular formula is C20H22N2O3. The minimum atomic E-state index is -0.670.